The highest BCUT2D eigenvalue weighted by atomic mass is 32.2. The van der Waals surface area contributed by atoms with Crippen molar-refractivity contribution < 1.29 is 27.5 Å². The largest absolute Gasteiger partial charge is 0.490 e. The Labute approximate surface area is 199 Å². The maximum absolute atomic E-state index is 13.2. The lowest BCUT2D eigenvalue weighted by atomic mass is 10.1. The zero-order valence-corrected chi connectivity index (χ0v) is 20.5. The Bertz CT molecular complexity index is 974. The molecule has 182 valence electrons. The number of carbonyl (C=O) groups excluding carboxylic acids is 2. The fraction of sp³-hybridized carbons (Fsp3) is 0.636. The molecular weight excluding hydrogens is 466 g/mol. The van der Waals surface area contributed by atoms with Crippen LogP contribution in [0.3, 0.4) is 0 Å². The molecule has 2 aliphatic heterocycles. The molecule has 4 rings (SSSR count). The minimum absolute atomic E-state index is 0.0341. The number of nitrogens with one attached hydrogen (secondary N) is 1. The summed E-state index contributed by atoms with van der Waals surface area (Å²) in [7, 11) is -3.73. The molecule has 0 bridgehead atoms. The first-order valence-electron chi connectivity index (χ1n) is 11.4. The number of ether oxygens (including phenoxy) is 2. The van der Waals surface area contributed by atoms with E-state index in [2.05, 4.69) is 5.32 Å². The molecule has 1 aliphatic carbocycles. The highest BCUT2D eigenvalue weighted by Crippen LogP contribution is 2.33. The minimum atomic E-state index is -3.73. The van der Waals surface area contributed by atoms with Crippen molar-refractivity contribution in [2.24, 2.45) is 5.92 Å². The van der Waals surface area contributed by atoms with Gasteiger partial charge in [0.25, 0.3) is 0 Å². The third kappa shape index (κ3) is 5.75. The van der Waals surface area contributed by atoms with Crippen molar-refractivity contribution >= 4 is 33.6 Å². The molecule has 1 saturated heterocycles. The second-order valence-electron chi connectivity index (χ2n) is 8.51. The number of hydrogen-bond acceptors (Lipinski definition) is 7. The van der Waals surface area contributed by atoms with Crippen LogP contribution in [-0.4, -0.2) is 86.9 Å². The van der Waals surface area contributed by atoms with Crippen LogP contribution >= 0.6 is 11.8 Å². The number of thioether (sulfide) groups is 1. The SMILES string of the molecule is CSCC[C@H](NC(=O)C1CC1)C(=O)N1CCN(S(=O)(=O)c2ccc3c(c2)OCCCO3)CC1. The Morgan fingerprint density at radius 2 is 1.82 bits per heavy atom. The summed E-state index contributed by atoms with van der Waals surface area (Å²) in [5.74, 6) is 1.60. The number of rotatable bonds is 8. The normalized spacial score (nSPS) is 20.1. The van der Waals surface area contributed by atoms with E-state index < -0.39 is 16.1 Å². The molecule has 1 aromatic rings. The van der Waals surface area contributed by atoms with Crippen molar-refractivity contribution in [1.82, 2.24) is 14.5 Å². The summed E-state index contributed by atoms with van der Waals surface area (Å²) < 4.78 is 39.0. The Morgan fingerprint density at radius 1 is 1.12 bits per heavy atom. The summed E-state index contributed by atoms with van der Waals surface area (Å²) in [5.41, 5.74) is 0. The van der Waals surface area contributed by atoms with Gasteiger partial charge in [-0.2, -0.15) is 16.1 Å². The maximum Gasteiger partial charge on any atom is 0.245 e. The first kappa shape index (κ1) is 24.2. The molecule has 0 aromatic heterocycles. The molecule has 9 nitrogen and oxygen atoms in total. The molecule has 0 unspecified atom stereocenters. The van der Waals surface area contributed by atoms with Gasteiger partial charge in [-0.1, -0.05) is 0 Å². The van der Waals surface area contributed by atoms with Crippen molar-refractivity contribution in [3.63, 3.8) is 0 Å². The van der Waals surface area contributed by atoms with Gasteiger partial charge in [0.15, 0.2) is 11.5 Å². The van der Waals surface area contributed by atoms with E-state index in [1.54, 1.807) is 22.7 Å². The highest BCUT2D eigenvalue weighted by molar-refractivity contribution is 7.98. The number of fused-ring (bicyclic) bond motifs is 1. The molecule has 1 aromatic carbocycles. The fourth-order valence-corrected chi connectivity index (χ4v) is 5.86. The Balaban J connectivity index is 1.39. The van der Waals surface area contributed by atoms with Crippen molar-refractivity contribution in [3.05, 3.63) is 18.2 Å². The van der Waals surface area contributed by atoms with Gasteiger partial charge in [-0.05, 0) is 43.4 Å². The molecule has 2 amide bonds. The average Bonchev–Trinajstić information content (AvgIpc) is 3.68. The summed E-state index contributed by atoms with van der Waals surface area (Å²) in [6, 6.07) is 4.12. The average molecular weight is 498 g/mol. The Kier molecular flexibility index (Phi) is 7.70. The summed E-state index contributed by atoms with van der Waals surface area (Å²) in [4.78, 5) is 27.2. The molecule has 0 radical (unpaired) electrons. The van der Waals surface area contributed by atoms with Gasteiger partial charge in [-0.15, -0.1) is 0 Å². The fourth-order valence-electron chi connectivity index (χ4n) is 3.95. The number of benzene rings is 1. The van der Waals surface area contributed by atoms with Crippen LogP contribution in [0.15, 0.2) is 23.1 Å². The van der Waals surface area contributed by atoms with Crippen LogP contribution in [-0.2, 0) is 19.6 Å². The van der Waals surface area contributed by atoms with E-state index in [1.807, 2.05) is 6.26 Å². The zero-order chi connectivity index (χ0) is 23.4. The van der Waals surface area contributed by atoms with Gasteiger partial charge in [0.2, 0.25) is 21.8 Å². The van der Waals surface area contributed by atoms with Gasteiger partial charge in [0, 0.05) is 44.6 Å². The number of nitrogens with zero attached hydrogens (tertiary/aromatic N) is 2. The van der Waals surface area contributed by atoms with Crippen LogP contribution in [0.4, 0.5) is 0 Å². The van der Waals surface area contributed by atoms with Gasteiger partial charge < -0.3 is 19.7 Å². The maximum atomic E-state index is 13.2. The number of carbonyl (C=O) groups is 2. The molecular formula is C22H31N3O6S2. The number of amides is 2. The van der Waals surface area contributed by atoms with E-state index >= 15 is 0 Å². The summed E-state index contributed by atoms with van der Waals surface area (Å²) >= 11 is 1.63. The predicted octanol–water partition coefficient (Wildman–Crippen LogP) is 1.33. The molecule has 33 heavy (non-hydrogen) atoms. The Morgan fingerprint density at radius 3 is 2.48 bits per heavy atom. The van der Waals surface area contributed by atoms with E-state index in [9.17, 15) is 18.0 Å². The topological polar surface area (TPSA) is 105 Å². The monoisotopic (exact) mass is 497 g/mol. The lowest BCUT2D eigenvalue weighted by molar-refractivity contribution is -0.137. The summed E-state index contributed by atoms with van der Waals surface area (Å²) in [6.07, 6.45) is 5.03. The Hall–Kier alpha value is -1.98. The van der Waals surface area contributed by atoms with E-state index in [-0.39, 0.29) is 48.8 Å². The van der Waals surface area contributed by atoms with Crippen LogP contribution in [0.2, 0.25) is 0 Å². The molecule has 2 fully saturated rings. The molecule has 0 spiro atoms. The molecule has 3 aliphatic rings. The van der Waals surface area contributed by atoms with E-state index in [4.69, 9.17) is 9.47 Å². The molecule has 11 heteroatoms. The lowest BCUT2D eigenvalue weighted by Gasteiger charge is -2.36. The second kappa shape index (κ2) is 10.5. The van der Waals surface area contributed by atoms with Gasteiger partial charge in [-0.3, -0.25) is 9.59 Å². The van der Waals surface area contributed by atoms with Gasteiger partial charge in [0.1, 0.15) is 6.04 Å². The molecule has 2 heterocycles. The van der Waals surface area contributed by atoms with Crippen LogP contribution in [0.1, 0.15) is 25.7 Å². The van der Waals surface area contributed by atoms with Crippen LogP contribution < -0.4 is 14.8 Å². The first-order chi connectivity index (χ1) is 15.9. The van der Waals surface area contributed by atoms with Gasteiger partial charge in [-0.25, -0.2) is 8.42 Å². The summed E-state index contributed by atoms with van der Waals surface area (Å²) in [5, 5.41) is 2.91. The zero-order valence-electron chi connectivity index (χ0n) is 18.8. The van der Waals surface area contributed by atoms with Crippen LogP contribution in [0.5, 0.6) is 11.5 Å². The van der Waals surface area contributed by atoms with Crippen molar-refractivity contribution in [1.29, 1.82) is 0 Å². The van der Waals surface area contributed by atoms with Crippen molar-refractivity contribution in [2.45, 2.75) is 36.6 Å². The lowest BCUT2D eigenvalue weighted by Crippen LogP contribution is -2.56. The van der Waals surface area contributed by atoms with Gasteiger partial charge in [0.05, 0.1) is 18.1 Å². The minimum Gasteiger partial charge on any atom is -0.490 e. The number of sulfonamides is 1. The highest BCUT2D eigenvalue weighted by Gasteiger charge is 2.36. The molecule has 1 atom stereocenters. The van der Waals surface area contributed by atoms with E-state index in [0.29, 0.717) is 31.1 Å². The third-order valence-electron chi connectivity index (χ3n) is 6.08. The smallest absolute Gasteiger partial charge is 0.245 e. The second-order valence-corrected chi connectivity index (χ2v) is 11.4. The molecule has 1 saturated carbocycles. The summed E-state index contributed by atoms with van der Waals surface area (Å²) in [6.45, 7) is 2.00. The van der Waals surface area contributed by atoms with E-state index in [0.717, 1.165) is 25.0 Å². The van der Waals surface area contributed by atoms with Crippen molar-refractivity contribution in [3.8, 4) is 11.5 Å². The van der Waals surface area contributed by atoms with E-state index in [1.165, 1.54) is 16.4 Å². The standard InChI is InChI=1S/C22H31N3O6S2/c1-32-14-7-18(23-21(26)16-3-4-16)22(27)24-8-10-25(11-9-24)33(28,29)17-5-6-19-20(15-17)31-13-2-12-30-19/h5-6,15-16,18H,2-4,7-14H2,1H3,(H,23,26)/t18-/m0/s1. The predicted molar refractivity (Wildman–Crippen MR) is 125 cm³/mol. The number of piperazine rings is 1. The first-order valence-corrected chi connectivity index (χ1v) is 14.2. The third-order valence-corrected chi connectivity index (χ3v) is 8.62. The van der Waals surface area contributed by atoms with Gasteiger partial charge >= 0.3 is 0 Å². The van der Waals surface area contributed by atoms with Crippen LogP contribution in [0, 0.1) is 5.92 Å². The quantitative estimate of drug-likeness (QED) is 0.578. The van der Waals surface area contributed by atoms with Crippen LogP contribution in [0.25, 0.3) is 0 Å². The van der Waals surface area contributed by atoms with Crippen molar-refractivity contribution in [2.75, 3.05) is 51.4 Å². The molecule has 1 N–H and O–H groups in total. The number of hydrogen-bond donors (Lipinski definition) is 1.